The summed E-state index contributed by atoms with van der Waals surface area (Å²) in [4.78, 5) is 16.9. The number of aromatic nitrogens is 1. The van der Waals surface area contributed by atoms with E-state index in [0.717, 1.165) is 34.2 Å². The molecule has 4 rings (SSSR count). The zero-order chi connectivity index (χ0) is 22.2. The fourth-order valence-electron chi connectivity index (χ4n) is 3.69. The molecule has 2 N–H and O–H groups in total. The van der Waals surface area contributed by atoms with Crippen LogP contribution in [0.2, 0.25) is 0 Å². The van der Waals surface area contributed by atoms with Gasteiger partial charge in [-0.1, -0.05) is 44.2 Å². The van der Waals surface area contributed by atoms with Gasteiger partial charge in [-0.25, -0.2) is 0 Å². The average Bonchev–Trinajstić information content (AvgIpc) is 3.22. The molecule has 0 amide bonds. The third-order valence-corrected chi connectivity index (χ3v) is 5.88. The Hall–Kier alpha value is -3.18. The fourth-order valence-corrected chi connectivity index (χ4v) is 3.69. The number of hydrogen-bond donors (Lipinski definition) is 2. The fraction of sp³-hybridized carbons (Fsp3) is 0.308. The summed E-state index contributed by atoms with van der Waals surface area (Å²) in [5.41, 5.74) is 4.07. The quantitative estimate of drug-likeness (QED) is 0.529. The number of ketones is 1. The van der Waals surface area contributed by atoms with Gasteiger partial charge < -0.3 is 14.8 Å². The number of nitrogens with zero attached hydrogens (tertiary/aromatic N) is 1. The molecule has 0 aliphatic carbocycles. The Morgan fingerprint density at radius 2 is 2.00 bits per heavy atom. The minimum atomic E-state index is -0.898. The first-order valence-corrected chi connectivity index (χ1v) is 10.7. The smallest absolute Gasteiger partial charge is 0.165 e. The first-order chi connectivity index (χ1) is 14.8. The molecule has 5 nitrogen and oxygen atoms in total. The number of nitrogens with one attached hydrogen (secondary N) is 1. The molecule has 0 fully saturated rings. The van der Waals surface area contributed by atoms with E-state index in [1.807, 2.05) is 68.6 Å². The second kappa shape index (κ2) is 8.16. The van der Waals surface area contributed by atoms with Gasteiger partial charge in [0.25, 0.3) is 0 Å². The molecule has 3 heterocycles. The lowest BCUT2D eigenvalue weighted by atomic mass is 9.92. The van der Waals surface area contributed by atoms with E-state index in [1.54, 1.807) is 20.0 Å². The summed E-state index contributed by atoms with van der Waals surface area (Å²) in [6.07, 6.45) is 8.41. The highest BCUT2D eigenvalue weighted by Gasteiger charge is 2.26. The lowest BCUT2D eigenvalue weighted by Crippen LogP contribution is -2.44. The number of furan rings is 1. The molecule has 0 saturated carbocycles. The molecular weight excluding hydrogens is 388 g/mol. The standard InChI is InChI=1S/C26H28N2O3/c1-5-16(2)24(29)18-8-6-17(7-9-18)22-15-21-25(31-22)20(11-13-27-21)19-10-12-28-23(14-19)26(3,4)30/h6-16,23,28,30H,5H2,1-4H3. The summed E-state index contributed by atoms with van der Waals surface area (Å²) in [6.45, 7) is 7.53. The van der Waals surface area contributed by atoms with Gasteiger partial charge in [0, 0.05) is 34.9 Å². The van der Waals surface area contributed by atoms with E-state index in [9.17, 15) is 9.90 Å². The van der Waals surface area contributed by atoms with Crippen molar-refractivity contribution in [2.24, 2.45) is 5.92 Å². The molecule has 1 aliphatic heterocycles. The van der Waals surface area contributed by atoms with Crippen LogP contribution in [0.4, 0.5) is 0 Å². The summed E-state index contributed by atoms with van der Waals surface area (Å²) in [5.74, 6) is 0.881. The van der Waals surface area contributed by atoms with E-state index >= 15 is 0 Å². The lowest BCUT2D eigenvalue weighted by molar-refractivity contribution is 0.0587. The van der Waals surface area contributed by atoms with Crippen LogP contribution in [0.5, 0.6) is 0 Å². The van der Waals surface area contributed by atoms with Crippen molar-refractivity contribution in [3.05, 3.63) is 72.1 Å². The average molecular weight is 417 g/mol. The largest absolute Gasteiger partial charge is 0.454 e. The van der Waals surface area contributed by atoms with Gasteiger partial charge in [0.2, 0.25) is 0 Å². The van der Waals surface area contributed by atoms with Crippen LogP contribution in [0, 0.1) is 5.92 Å². The predicted octanol–water partition coefficient (Wildman–Crippen LogP) is 5.36. The third-order valence-electron chi connectivity index (χ3n) is 5.88. The minimum absolute atomic E-state index is 0.0165. The van der Waals surface area contributed by atoms with Gasteiger partial charge in [0.05, 0.1) is 11.6 Å². The van der Waals surface area contributed by atoms with Crippen molar-refractivity contribution in [1.29, 1.82) is 0 Å². The zero-order valence-electron chi connectivity index (χ0n) is 18.3. The molecule has 5 heteroatoms. The van der Waals surface area contributed by atoms with Crippen molar-refractivity contribution in [3.8, 4) is 11.3 Å². The first kappa shape index (κ1) is 21.1. The Morgan fingerprint density at radius 1 is 1.26 bits per heavy atom. The summed E-state index contributed by atoms with van der Waals surface area (Å²) in [6, 6.07) is 11.2. The highest BCUT2D eigenvalue weighted by molar-refractivity contribution is 5.98. The number of hydrogen-bond acceptors (Lipinski definition) is 5. The van der Waals surface area contributed by atoms with E-state index in [-0.39, 0.29) is 17.7 Å². The topological polar surface area (TPSA) is 75.4 Å². The van der Waals surface area contributed by atoms with Crippen molar-refractivity contribution in [3.63, 3.8) is 0 Å². The number of benzene rings is 1. The number of fused-ring (bicyclic) bond motifs is 1. The molecule has 3 aromatic rings. The number of Topliss-reactive ketones (excluding diaryl/α,β-unsaturated/α-hetero) is 1. The van der Waals surface area contributed by atoms with Crippen LogP contribution in [-0.4, -0.2) is 27.5 Å². The maximum absolute atomic E-state index is 12.4. The van der Waals surface area contributed by atoms with Gasteiger partial charge in [0.15, 0.2) is 11.4 Å². The van der Waals surface area contributed by atoms with E-state index in [2.05, 4.69) is 10.3 Å². The summed E-state index contributed by atoms with van der Waals surface area (Å²) in [5, 5.41) is 13.6. The number of allylic oxidation sites excluding steroid dienone is 2. The maximum Gasteiger partial charge on any atom is 0.165 e. The summed E-state index contributed by atoms with van der Waals surface area (Å²) in [7, 11) is 0. The Kier molecular flexibility index (Phi) is 5.54. The summed E-state index contributed by atoms with van der Waals surface area (Å²) < 4.78 is 6.22. The monoisotopic (exact) mass is 416 g/mol. The predicted molar refractivity (Wildman–Crippen MR) is 124 cm³/mol. The second-order valence-electron chi connectivity index (χ2n) is 8.69. The summed E-state index contributed by atoms with van der Waals surface area (Å²) >= 11 is 0. The first-order valence-electron chi connectivity index (χ1n) is 10.7. The Balaban J connectivity index is 1.69. The van der Waals surface area contributed by atoms with Gasteiger partial charge in [0.1, 0.15) is 11.3 Å². The number of pyridine rings is 1. The van der Waals surface area contributed by atoms with Crippen LogP contribution in [0.25, 0.3) is 28.0 Å². The van der Waals surface area contributed by atoms with Crippen LogP contribution in [-0.2, 0) is 0 Å². The molecule has 0 spiro atoms. The highest BCUT2D eigenvalue weighted by Crippen LogP contribution is 2.33. The molecule has 2 aromatic heterocycles. The van der Waals surface area contributed by atoms with Crippen LogP contribution in [0.3, 0.4) is 0 Å². The Bertz CT molecular complexity index is 1160. The van der Waals surface area contributed by atoms with Crippen LogP contribution >= 0.6 is 0 Å². The molecule has 0 radical (unpaired) electrons. The molecule has 2 atom stereocenters. The molecular formula is C26H28N2O3. The third kappa shape index (κ3) is 4.19. The molecule has 31 heavy (non-hydrogen) atoms. The van der Waals surface area contributed by atoms with E-state index in [4.69, 9.17) is 4.42 Å². The molecule has 1 aromatic carbocycles. The Labute approximate surface area is 182 Å². The van der Waals surface area contributed by atoms with E-state index < -0.39 is 5.60 Å². The van der Waals surface area contributed by atoms with Gasteiger partial charge in [-0.3, -0.25) is 9.78 Å². The molecule has 1 aliphatic rings. The molecule has 160 valence electrons. The number of dihydropyridines is 1. The Morgan fingerprint density at radius 3 is 2.68 bits per heavy atom. The van der Waals surface area contributed by atoms with Crippen LogP contribution < -0.4 is 5.32 Å². The molecule has 2 unspecified atom stereocenters. The molecule has 0 bridgehead atoms. The number of carbonyl (C=O) groups excluding carboxylic acids is 1. The molecule has 0 saturated heterocycles. The number of carbonyl (C=O) groups is 1. The van der Waals surface area contributed by atoms with Crippen molar-refractivity contribution < 1.29 is 14.3 Å². The normalized spacial score (nSPS) is 17.3. The maximum atomic E-state index is 12.4. The van der Waals surface area contributed by atoms with Gasteiger partial charge in [-0.15, -0.1) is 0 Å². The van der Waals surface area contributed by atoms with E-state index in [0.29, 0.717) is 11.3 Å². The van der Waals surface area contributed by atoms with Crippen LogP contribution in [0.15, 0.2) is 65.4 Å². The number of aliphatic hydroxyl groups is 1. The zero-order valence-corrected chi connectivity index (χ0v) is 18.3. The van der Waals surface area contributed by atoms with E-state index in [1.165, 1.54) is 0 Å². The highest BCUT2D eigenvalue weighted by atomic mass is 16.3. The van der Waals surface area contributed by atoms with Gasteiger partial charge in [-0.05, 0) is 44.2 Å². The van der Waals surface area contributed by atoms with Gasteiger partial charge in [-0.2, -0.15) is 0 Å². The van der Waals surface area contributed by atoms with Crippen LogP contribution in [0.1, 0.15) is 50.0 Å². The van der Waals surface area contributed by atoms with Crippen molar-refractivity contribution in [2.45, 2.75) is 45.8 Å². The van der Waals surface area contributed by atoms with Crippen molar-refractivity contribution in [2.75, 3.05) is 0 Å². The second-order valence-corrected chi connectivity index (χ2v) is 8.69. The SMILES string of the molecule is CCC(C)C(=O)c1ccc(-c2cc3nccc(C4=CC(C(C)(C)O)NC=C4)c3o2)cc1. The minimum Gasteiger partial charge on any atom is -0.454 e. The number of rotatable bonds is 6. The van der Waals surface area contributed by atoms with Crippen molar-refractivity contribution >= 4 is 22.5 Å². The van der Waals surface area contributed by atoms with Crippen molar-refractivity contribution in [1.82, 2.24) is 10.3 Å². The van der Waals surface area contributed by atoms with Gasteiger partial charge >= 0.3 is 0 Å². The lowest BCUT2D eigenvalue weighted by Gasteiger charge is -2.29.